The molecule has 7 nitrogen and oxygen atoms in total. The van der Waals surface area contributed by atoms with E-state index in [9.17, 15) is 14.9 Å². The maximum absolute atomic E-state index is 12.6. The van der Waals surface area contributed by atoms with Crippen LogP contribution >= 0.6 is 0 Å². The first-order chi connectivity index (χ1) is 9.95. The van der Waals surface area contributed by atoms with Crippen molar-refractivity contribution < 1.29 is 9.72 Å². The number of nitro groups is 1. The zero-order valence-corrected chi connectivity index (χ0v) is 12.2. The number of carbonyl (C=O) groups is 1. The van der Waals surface area contributed by atoms with Crippen molar-refractivity contribution in [3.05, 3.63) is 33.9 Å². The van der Waals surface area contributed by atoms with Crippen molar-refractivity contribution >= 4 is 17.3 Å². The fraction of sp³-hybridized carbons (Fsp3) is 0.500. The quantitative estimate of drug-likeness (QED) is 0.504. The van der Waals surface area contributed by atoms with Crippen molar-refractivity contribution in [3.8, 4) is 0 Å². The zero-order chi connectivity index (χ0) is 15.6. The molecule has 3 N–H and O–H groups in total. The van der Waals surface area contributed by atoms with Gasteiger partial charge in [0.05, 0.1) is 10.5 Å². The largest absolute Gasteiger partial charge is 0.338 e. The predicted octanol–water partition coefficient (Wildman–Crippen LogP) is 2.00. The van der Waals surface area contributed by atoms with Gasteiger partial charge in [-0.2, -0.15) is 0 Å². The van der Waals surface area contributed by atoms with Gasteiger partial charge in [0, 0.05) is 19.2 Å². The van der Waals surface area contributed by atoms with Crippen LogP contribution in [0.25, 0.3) is 0 Å². The molecule has 21 heavy (non-hydrogen) atoms. The molecule has 2 rings (SSSR count). The second kappa shape index (κ2) is 6.09. The average Bonchev–Trinajstić information content (AvgIpc) is 2.48. The zero-order valence-electron chi connectivity index (χ0n) is 12.2. The number of hydrogen-bond acceptors (Lipinski definition) is 5. The van der Waals surface area contributed by atoms with Gasteiger partial charge < -0.3 is 10.3 Å². The van der Waals surface area contributed by atoms with E-state index in [-0.39, 0.29) is 22.8 Å². The summed E-state index contributed by atoms with van der Waals surface area (Å²) < 4.78 is 0. The van der Waals surface area contributed by atoms with Gasteiger partial charge in [-0.3, -0.25) is 20.8 Å². The Balaban J connectivity index is 2.31. The highest BCUT2D eigenvalue weighted by atomic mass is 16.6. The highest BCUT2D eigenvalue weighted by Gasteiger charge is 2.29. The number of likely N-dealkylation sites (tertiary alicyclic amines) is 1. The molecule has 0 aromatic heterocycles. The highest BCUT2D eigenvalue weighted by Crippen LogP contribution is 2.30. The molecule has 2 atom stereocenters. The van der Waals surface area contributed by atoms with Crippen LogP contribution in [-0.4, -0.2) is 28.8 Å². The van der Waals surface area contributed by atoms with Gasteiger partial charge in [0.15, 0.2) is 0 Å². The Bertz CT molecular complexity index is 561. The van der Waals surface area contributed by atoms with Gasteiger partial charge >= 0.3 is 0 Å². The molecule has 0 bridgehead atoms. The van der Waals surface area contributed by atoms with Crippen molar-refractivity contribution in [1.29, 1.82) is 0 Å². The van der Waals surface area contributed by atoms with E-state index in [0.717, 1.165) is 6.42 Å². The number of nitrogen functional groups attached to an aromatic ring is 1. The van der Waals surface area contributed by atoms with Gasteiger partial charge in [0.25, 0.3) is 11.6 Å². The summed E-state index contributed by atoms with van der Waals surface area (Å²) in [6.45, 7) is 5.61. The van der Waals surface area contributed by atoms with Crippen LogP contribution in [0.15, 0.2) is 18.2 Å². The van der Waals surface area contributed by atoms with Crippen LogP contribution in [0.5, 0.6) is 0 Å². The summed E-state index contributed by atoms with van der Waals surface area (Å²) in [5, 5.41) is 11.0. The molecule has 1 aromatic rings. The molecule has 1 aromatic carbocycles. The van der Waals surface area contributed by atoms with E-state index in [1.54, 1.807) is 11.0 Å². The highest BCUT2D eigenvalue weighted by molar-refractivity contribution is 6.01. The van der Waals surface area contributed by atoms with E-state index in [2.05, 4.69) is 19.3 Å². The Morgan fingerprint density at radius 3 is 2.71 bits per heavy atom. The summed E-state index contributed by atoms with van der Waals surface area (Å²) in [4.78, 5) is 24.8. The SMILES string of the molecule is CC1CCN(C(=O)c2cccc([N+](=O)[O-])c2NN)CC1C. The van der Waals surface area contributed by atoms with Crippen molar-refractivity contribution in [3.63, 3.8) is 0 Å². The van der Waals surface area contributed by atoms with Crippen molar-refractivity contribution in [2.45, 2.75) is 20.3 Å². The first-order valence-electron chi connectivity index (χ1n) is 6.99. The van der Waals surface area contributed by atoms with Gasteiger partial charge in [-0.25, -0.2) is 0 Å². The number of benzene rings is 1. The molecule has 1 saturated heterocycles. The number of nitrogens with two attached hydrogens (primary N) is 1. The van der Waals surface area contributed by atoms with Crippen LogP contribution in [-0.2, 0) is 0 Å². The van der Waals surface area contributed by atoms with Crippen LogP contribution in [0.1, 0.15) is 30.6 Å². The van der Waals surface area contributed by atoms with E-state index in [0.29, 0.717) is 24.9 Å². The van der Waals surface area contributed by atoms with Crippen LogP contribution in [0.3, 0.4) is 0 Å². The van der Waals surface area contributed by atoms with E-state index in [4.69, 9.17) is 5.84 Å². The Kier molecular flexibility index (Phi) is 4.42. The first kappa shape index (κ1) is 15.2. The molecular weight excluding hydrogens is 272 g/mol. The van der Waals surface area contributed by atoms with Crippen LogP contribution in [0.4, 0.5) is 11.4 Å². The number of anilines is 1. The predicted molar refractivity (Wildman–Crippen MR) is 79.8 cm³/mol. The molecular formula is C14H20N4O3. The van der Waals surface area contributed by atoms with E-state index in [1.165, 1.54) is 12.1 Å². The number of rotatable bonds is 3. The molecule has 0 radical (unpaired) electrons. The molecule has 1 amide bonds. The lowest BCUT2D eigenvalue weighted by atomic mass is 9.88. The lowest BCUT2D eigenvalue weighted by molar-refractivity contribution is -0.384. The maximum Gasteiger partial charge on any atom is 0.294 e. The molecule has 2 unspecified atom stereocenters. The normalized spacial score (nSPS) is 22.0. The topological polar surface area (TPSA) is 102 Å². The molecule has 0 spiro atoms. The molecule has 7 heteroatoms. The van der Waals surface area contributed by atoms with Gasteiger partial charge in [-0.05, 0) is 24.3 Å². The van der Waals surface area contributed by atoms with E-state index >= 15 is 0 Å². The average molecular weight is 292 g/mol. The maximum atomic E-state index is 12.6. The number of nitrogens with zero attached hydrogens (tertiary/aromatic N) is 2. The van der Waals surface area contributed by atoms with Crippen LogP contribution in [0, 0.1) is 22.0 Å². The third kappa shape index (κ3) is 2.97. The summed E-state index contributed by atoms with van der Waals surface area (Å²) in [6.07, 6.45) is 0.938. The van der Waals surface area contributed by atoms with Crippen molar-refractivity contribution in [1.82, 2.24) is 4.90 Å². The number of carbonyl (C=O) groups excluding carboxylic acids is 1. The minimum atomic E-state index is -0.549. The summed E-state index contributed by atoms with van der Waals surface area (Å²) in [5.41, 5.74) is 2.42. The van der Waals surface area contributed by atoms with Gasteiger partial charge in [0.2, 0.25) is 0 Å². The number of hydrazine groups is 1. The Hall–Kier alpha value is -2.15. The standard InChI is InChI=1S/C14H20N4O3/c1-9-6-7-17(8-10(9)2)14(19)11-4-3-5-12(18(20)21)13(11)16-15/h3-5,9-10,16H,6-8,15H2,1-2H3. The third-order valence-electron chi connectivity index (χ3n) is 4.24. The van der Waals surface area contributed by atoms with Crippen molar-refractivity contribution in [2.75, 3.05) is 18.5 Å². The third-order valence-corrected chi connectivity index (χ3v) is 4.24. The fourth-order valence-electron chi connectivity index (χ4n) is 2.64. The summed E-state index contributed by atoms with van der Waals surface area (Å²) in [7, 11) is 0. The fourth-order valence-corrected chi connectivity index (χ4v) is 2.64. The summed E-state index contributed by atoms with van der Waals surface area (Å²) >= 11 is 0. The lowest BCUT2D eigenvalue weighted by Crippen LogP contribution is -2.42. The number of hydrogen-bond donors (Lipinski definition) is 2. The molecule has 1 fully saturated rings. The molecule has 0 aliphatic carbocycles. The van der Waals surface area contributed by atoms with Crippen LogP contribution < -0.4 is 11.3 Å². The van der Waals surface area contributed by atoms with Crippen LogP contribution in [0.2, 0.25) is 0 Å². The monoisotopic (exact) mass is 292 g/mol. The van der Waals surface area contributed by atoms with Gasteiger partial charge in [-0.15, -0.1) is 0 Å². The Morgan fingerprint density at radius 1 is 1.43 bits per heavy atom. The van der Waals surface area contributed by atoms with Gasteiger partial charge in [0.1, 0.15) is 5.69 Å². The number of para-hydroxylation sites is 1. The van der Waals surface area contributed by atoms with Gasteiger partial charge in [-0.1, -0.05) is 19.9 Å². The minimum Gasteiger partial charge on any atom is -0.338 e. The second-order valence-electron chi connectivity index (χ2n) is 5.60. The first-order valence-corrected chi connectivity index (χ1v) is 6.99. The number of nitrogens with one attached hydrogen (secondary N) is 1. The number of nitro benzene ring substituents is 1. The number of piperidine rings is 1. The molecule has 1 aliphatic rings. The summed E-state index contributed by atoms with van der Waals surface area (Å²) in [5.74, 6) is 6.15. The molecule has 1 aliphatic heterocycles. The second-order valence-corrected chi connectivity index (χ2v) is 5.60. The smallest absolute Gasteiger partial charge is 0.294 e. The molecule has 114 valence electrons. The minimum absolute atomic E-state index is 0.0683. The Labute approximate surface area is 123 Å². The number of amides is 1. The Morgan fingerprint density at radius 2 is 2.14 bits per heavy atom. The van der Waals surface area contributed by atoms with Crippen molar-refractivity contribution in [2.24, 2.45) is 17.7 Å². The molecule has 0 saturated carbocycles. The summed E-state index contributed by atoms with van der Waals surface area (Å²) in [6, 6.07) is 4.39. The lowest BCUT2D eigenvalue weighted by Gasteiger charge is -2.35. The van der Waals surface area contributed by atoms with E-state index in [1.807, 2.05) is 0 Å². The molecule has 1 heterocycles. The van der Waals surface area contributed by atoms with E-state index < -0.39 is 4.92 Å².